The van der Waals surface area contributed by atoms with Crippen molar-refractivity contribution in [3.05, 3.63) is 51.7 Å². The molecule has 1 heterocycles. The van der Waals surface area contributed by atoms with E-state index in [9.17, 15) is 4.79 Å². The molecule has 18 heavy (non-hydrogen) atoms. The summed E-state index contributed by atoms with van der Waals surface area (Å²) in [6.45, 7) is 3.25. The van der Waals surface area contributed by atoms with Crippen molar-refractivity contribution in [2.24, 2.45) is 0 Å². The molecule has 96 valence electrons. The van der Waals surface area contributed by atoms with Crippen LogP contribution in [0, 0.1) is 0 Å². The predicted octanol–water partition coefficient (Wildman–Crippen LogP) is 2.34. The molecule has 4 nitrogen and oxygen atoms in total. The summed E-state index contributed by atoms with van der Waals surface area (Å²) in [4.78, 5) is 12.0. The van der Waals surface area contributed by atoms with Gasteiger partial charge in [-0.1, -0.05) is 24.6 Å². The van der Waals surface area contributed by atoms with Gasteiger partial charge in [-0.05, 0) is 24.1 Å². The maximum absolute atomic E-state index is 12.0. The number of anilines is 1. The van der Waals surface area contributed by atoms with Crippen molar-refractivity contribution in [1.29, 1.82) is 0 Å². The van der Waals surface area contributed by atoms with Gasteiger partial charge in [-0.25, -0.2) is 4.79 Å². The van der Waals surface area contributed by atoms with Crippen LogP contribution in [-0.2, 0) is 13.1 Å². The molecule has 1 aromatic heterocycles. The Morgan fingerprint density at radius 2 is 2.00 bits per heavy atom. The van der Waals surface area contributed by atoms with Gasteiger partial charge in [0.15, 0.2) is 0 Å². The van der Waals surface area contributed by atoms with Gasteiger partial charge in [0.05, 0.1) is 6.54 Å². The Morgan fingerprint density at radius 1 is 1.28 bits per heavy atom. The summed E-state index contributed by atoms with van der Waals surface area (Å²) >= 11 is 6.10. The maximum atomic E-state index is 12.0. The van der Waals surface area contributed by atoms with E-state index in [1.54, 1.807) is 33.7 Å². The van der Waals surface area contributed by atoms with Crippen LogP contribution in [0.15, 0.2) is 35.4 Å². The molecule has 1 aromatic carbocycles. The number of imidazole rings is 1. The Morgan fingerprint density at radius 3 is 2.67 bits per heavy atom. The number of halogens is 1. The third-order valence-electron chi connectivity index (χ3n) is 2.80. The first kappa shape index (κ1) is 12.8. The van der Waals surface area contributed by atoms with Gasteiger partial charge in [0.2, 0.25) is 0 Å². The van der Waals surface area contributed by atoms with Gasteiger partial charge in [-0.15, -0.1) is 0 Å². The standard InChI is InChI=1S/C13H16ClN3O/c1-2-5-16-6-7-17(13(16)18)9-10-3-4-11(15)8-12(10)14/h3-4,6-8H,2,5,9,15H2,1H3. The van der Waals surface area contributed by atoms with E-state index in [0.29, 0.717) is 17.3 Å². The number of nitrogens with zero attached hydrogens (tertiary/aromatic N) is 2. The number of hydrogen-bond donors (Lipinski definition) is 1. The third kappa shape index (κ3) is 2.59. The first-order valence-electron chi connectivity index (χ1n) is 5.91. The zero-order valence-corrected chi connectivity index (χ0v) is 11.0. The highest BCUT2D eigenvalue weighted by Gasteiger charge is 2.06. The van der Waals surface area contributed by atoms with E-state index < -0.39 is 0 Å². The van der Waals surface area contributed by atoms with E-state index in [1.807, 2.05) is 13.0 Å². The molecular formula is C13H16ClN3O. The average molecular weight is 266 g/mol. The lowest BCUT2D eigenvalue weighted by atomic mass is 10.2. The maximum Gasteiger partial charge on any atom is 0.328 e. The number of aryl methyl sites for hydroxylation is 1. The quantitative estimate of drug-likeness (QED) is 0.863. The van der Waals surface area contributed by atoms with E-state index in [4.69, 9.17) is 17.3 Å². The first-order valence-corrected chi connectivity index (χ1v) is 6.29. The van der Waals surface area contributed by atoms with Crippen LogP contribution >= 0.6 is 11.6 Å². The fourth-order valence-electron chi connectivity index (χ4n) is 1.86. The van der Waals surface area contributed by atoms with Crippen molar-refractivity contribution >= 4 is 17.3 Å². The Labute approximate surface area is 111 Å². The fourth-order valence-corrected chi connectivity index (χ4v) is 2.11. The average Bonchev–Trinajstić information content (AvgIpc) is 2.66. The monoisotopic (exact) mass is 265 g/mol. The second-order valence-electron chi connectivity index (χ2n) is 4.25. The smallest absolute Gasteiger partial charge is 0.328 e. The summed E-state index contributed by atoms with van der Waals surface area (Å²) in [5.74, 6) is 0. The Balaban J connectivity index is 2.26. The number of nitrogens with two attached hydrogens (primary N) is 1. The molecule has 0 aliphatic carbocycles. The van der Waals surface area contributed by atoms with Gasteiger partial charge < -0.3 is 5.73 Å². The third-order valence-corrected chi connectivity index (χ3v) is 3.15. The van der Waals surface area contributed by atoms with E-state index >= 15 is 0 Å². The summed E-state index contributed by atoms with van der Waals surface area (Å²) < 4.78 is 3.35. The fraction of sp³-hybridized carbons (Fsp3) is 0.308. The van der Waals surface area contributed by atoms with E-state index in [2.05, 4.69) is 0 Å². The van der Waals surface area contributed by atoms with Crippen LogP contribution in [-0.4, -0.2) is 9.13 Å². The highest BCUT2D eigenvalue weighted by molar-refractivity contribution is 6.31. The van der Waals surface area contributed by atoms with Crippen LogP contribution in [0.4, 0.5) is 5.69 Å². The highest BCUT2D eigenvalue weighted by Crippen LogP contribution is 2.19. The van der Waals surface area contributed by atoms with Crippen molar-refractivity contribution in [2.45, 2.75) is 26.4 Å². The van der Waals surface area contributed by atoms with Crippen molar-refractivity contribution in [3.8, 4) is 0 Å². The van der Waals surface area contributed by atoms with Crippen molar-refractivity contribution < 1.29 is 0 Å². The minimum Gasteiger partial charge on any atom is -0.399 e. The molecule has 0 saturated carbocycles. The van der Waals surface area contributed by atoms with Crippen LogP contribution < -0.4 is 11.4 Å². The van der Waals surface area contributed by atoms with Gasteiger partial charge >= 0.3 is 5.69 Å². The Kier molecular flexibility index (Phi) is 3.77. The van der Waals surface area contributed by atoms with Crippen LogP contribution in [0.25, 0.3) is 0 Å². The lowest BCUT2D eigenvalue weighted by molar-refractivity contribution is 0.624. The van der Waals surface area contributed by atoms with Crippen molar-refractivity contribution in [1.82, 2.24) is 9.13 Å². The largest absolute Gasteiger partial charge is 0.399 e. The van der Waals surface area contributed by atoms with Crippen LogP contribution in [0.1, 0.15) is 18.9 Å². The molecule has 2 rings (SSSR count). The van der Waals surface area contributed by atoms with Gasteiger partial charge in [0, 0.05) is 29.6 Å². The van der Waals surface area contributed by atoms with Crippen LogP contribution in [0.5, 0.6) is 0 Å². The molecule has 2 N–H and O–H groups in total. The number of nitrogen functional groups attached to an aromatic ring is 1. The minimum atomic E-state index is -0.00950. The highest BCUT2D eigenvalue weighted by atomic mass is 35.5. The number of benzene rings is 1. The van der Waals surface area contributed by atoms with E-state index in [1.165, 1.54) is 0 Å². The molecule has 0 saturated heterocycles. The normalized spacial score (nSPS) is 10.8. The predicted molar refractivity (Wildman–Crippen MR) is 73.9 cm³/mol. The van der Waals surface area contributed by atoms with Crippen molar-refractivity contribution in [3.63, 3.8) is 0 Å². The molecule has 0 bridgehead atoms. The first-order chi connectivity index (χ1) is 8.61. The van der Waals surface area contributed by atoms with Crippen LogP contribution in [0.3, 0.4) is 0 Å². The minimum absolute atomic E-state index is 0.00950. The molecule has 0 fully saturated rings. The van der Waals surface area contributed by atoms with Crippen LogP contribution in [0.2, 0.25) is 5.02 Å². The molecule has 0 aliphatic heterocycles. The zero-order chi connectivity index (χ0) is 13.1. The lowest BCUT2D eigenvalue weighted by Gasteiger charge is -2.05. The van der Waals surface area contributed by atoms with Gasteiger partial charge in [0.25, 0.3) is 0 Å². The summed E-state index contributed by atoms with van der Waals surface area (Å²) in [5.41, 5.74) is 7.14. The Bertz CT molecular complexity index is 601. The molecule has 0 spiro atoms. The molecule has 0 atom stereocenters. The second kappa shape index (κ2) is 5.31. The number of aromatic nitrogens is 2. The Hall–Kier alpha value is -1.68. The zero-order valence-electron chi connectivity index (χ0n) is 10.3. The van der Waals surface area contributed by atoms with E-state index in [0.717, 1.165) is 18.5 Å². The summed E-state index contributed by atoms with van der Waals surface area (Å²) in [7, 11) is 0. The van der Waals surface area contributed by atoms with Gasteiger partial charge in [0.1, 0.15) is 0 Å². The van der Waals surface area contributed by atoms with Gasteiger partial charge in [-0.2, -0.15) is 0 Å². The molecule has 0 aliphatic rings. The lowest BCUT2D eigenvalue weighted by Crippen LogP contribution is -2.24. The summed E-state index contributed by atoms with van der Waals surface area (Å²) in [5, 5.41) is 0.588. The van der Waals surface area contributed by atoms with Gasteiger partial charge in [-0.3, -0.25) is 9.13 Å². The number of rotatable bonds is 4. The molecule has 0 unspecified atom stereocenters. The molecular weight excluding hydrogens is 250 g/mol. The SMILES string of the molecule is CCCn1ccn(Cc2ccc(N)cc2Cl)c1=O. The van der Waals surface area contributed by atoms with E-state index in [-0.39, 0.29) is 5.69 Å². The molecule has 2 aromatic rings. The molecule has 0 radical (unpaired) electrons. The second-order valence-corrected chi connectivity index (χ2v) is 4.66. The summed E-state index contributed by atoms with van der Waals surface area (Å²) in [6, 6.07) is 5.33. The molecule has 5 heteroatoms. The number of hydrogen-bond acceptors (Lipinski definition) is 2. The van der Waals surface area contributed by atoms with Crippen molar-refractivity contribution in [2.75, 3.05) is 5.73 Å². The summed E-state index contributed by atoms with van der Waals surface area (Å²) in [6.07, 6.45) is 4.52. The molecule has 0 amide bonds. The topological polar surface area (TPSA) is 52.9 Å².